The molecule has 1 fully saturated rings. The van der Waals surface area contributed by atoms with E-state index in [1.54, 1.807) is 18.7 Å². The van der Waals surface area contributed by atoms with E-state index in [0.717, 1.165) is 5.56 Å². The molecule has 8 nitrogen and oxygen atoms in total. The van der Waals surface area contributed by atoms with Crippen molar-refractivity contribution in [2.24, 2.45) is 23.7 Å². The summed E-state index contributed by atoms with van der Waals surface area (Å²) in [6.07, 6.45) is -0.345. The molecule has 0 bridgehead atoms. The van der Waals surface area contributed by atoms with Crippen LogP contribution >= 0.6 is 0 Å². The second-order valence-corrected chi connectivity index (χ2v) is 10.3. The van der Waals surface area contributed by atoms with Crippen LogP contribution in [-0.4, -0.2) is 55.0 Å². The summed E-state index contributed by atoms with van der Waals surface area (Å²) in [5.74, 6) is -1.54. The number of ether oxygens (including phenoxy) is 4. The molecule has 0 N–H and O–H groups in total. The molecular weight excluding hydrogens is 450 g/mol. The van der Waals surface area contributed by atoms with Gasteiger partial charge in [0.05, 0.1) is 38.2 Å². The van der Waals surface area contributed by atoms with Gasteiger partial charge >= 0.3 is 18.0 Å². The maximum Gasteiger partial charge on any atom is 0.412 e. The fourth-order valence-corrected chi connectivity index (χ4v) is 4.77. The lowest BCUT2D eigenvalue weighted by atomic mass is 9.83. The Labute approximate surface area is 209 Å². The highest BCUT2D eigenvalue weighted by Gasteiger charge is 2.52. The number of hydrogen-bond donors (Lipinski definition) is 0. The number of carbonyl (C=O) groups is 3. The number of nitrogens with zero attached hydrogens (tertiary/aromatic N) is 1. The molecule has 8 heteroatoms. The van der Waals surface area contributed by atoms with Gasteiger partial charge < -0.3 is 18.9 Å². The molecule has 0 aromatic heterocycles. The number of methoxy groups -OCH3 is 2. The average Bonchev–Trinajstić information content (AvgIpc) is 3.07. The Morgan fingerprint density at radius 1 is 0.914 bits per heavy atom. The molecule has 1 aliphatic heterocycles. The van der Waals surface area contributed by atoms with E-state index in [1.165, 1.54) is 14.2 Å². The van der Waals surface area contributed by atoms with E-state index in [4.69, 9.17) is 18.9 Å². The number of rotatable bonds is 10. The highest BCUT2D eigenvalue weighted by Crippen LogP contribution is 2.40. The first-order valence-corrected chi connectivity index (χ1v) is 12.3. The van der Waals surface area contributed by atoms with Gasteiger partial charge in [0.2, 0.25) is 0 Å². The Hall–Kier alpha value is -2.61. The molecule has 1 aromatic carbocycles. The molecular formula is C27H41NO7. The number of benzene rings is 1. The number of esters is 2. The standard InChI is InChI=1S/C27H41NO7/c1-17(2)20(24(29)32-7)14-22-23(15-21(18(3)4)25(30)33-8)35-27(5,6)28(22)26(31)34-16-19-12-10-9-11-13-19/h9-13,17-18,20-23H,14-16H2,1-8H3/t20-,21-,22+,23+/m0/s1. The summed E-state index contributed by atoms with van der Waals surface area (Å²) in [5, 5.41) is 0. The van der Waals surface area contributed by atoms with Crippen molar-refractivity contribution in [1.82, 2.24) is 4.90 Å². The van der Waals surface area contributed by atoms with E-state index in [9.17, 15) is 14.4 Å². The maximum absolute atomic E-state index is 13.4. The van der Waals surface area contributed by atoms with E-state index in [2.05, 4.69) is 0 Å². The first-order chi connectivity index (χ1) is 16.4. The van der Waals surface area contributed by atoms with Crippen molar-refractivity contribution in [2.75, 3.05) is 14.2 Å². The van der Waals surface area contributed by atoms with Gasteiger partial charge in [-0.15, -0.1) is 0 Å². The average molecular weight is 492 g/mol. The summed E-state index contributed by atoms with van der Waals surface area (Å²) < 4.78 is 22.1. The fraction of sp³-hybridized carbons (Fsp3) is 0.667. The van der Waals surface area contributed by atoms with Crippen molar-refractivity contribution in [3.8, 4) is 0 Å². The summed E-state index contributed by atoms with van der Waals surface area (Å²) in [6, 6.07) is 8.93. The predicted octanol–water partition coefficient (Wildman–Crippen LogP) is 4.80. The first-order valence-electron chi connectivity index (χ1n) is 12.3. The lowest BCUT2D eigenvalue weighted by Crippen LogP contribution is -2.50. The van der Waals surface area contributed by atoms with Crippen LogP contribution in [-0.2, 0) is 35.1 Å². The Morgan fingerprint density at radius 2 is 1.43 bits per heavy atom. The van der Waals surface area contributed by atoms with Crippen LogP contribution in [0.2, 0.25) is 0 Å². The first kappa shape index (κ1) is 28.6. The van der Waals surface area contributed by atoms with Gasteiger partial charge in [0.25, 0.3) is 0 Å². The van der Waals surface area contributed by atoms with Crippen LogP contribution in [0.25, 0.3) is 0 Å². The smallest absolute Gasteiger partial charge is 0.412 e. The van der Waals surface area contributed by atoms with Gasteiger partial charge in [0.1, 0.15) is 12.3 Å². The minimum absolute atomic E-state index is 0.00963. The number of hydrogen-bond acceptors (Lipinski definition) is 7. The molecule has 0 radical (unpaired) electrons. The lowest BCUT2D eigenvalue weighted by molar-refractivity contribution is -0.150. The van der Waals surface area contributed by atoms with Gasteiger partial charge in [-0.3, -0.25) is 14.5 Å². The number of amides is 1. The van der Waals surface area contributed by atoms with E-state index >= 15 is 0 Å². The molecule has 0 unspecified atom stereocenters. The van der Waals surface area contributed by atoms with Crippen molar-refractivity contribution in [3.05, 3.63) is 35.9 Å². The van der Waals surface area contributed by atoms with Crippen LogP contribution in [0.5, 0.6) is 0 Å². The van der Waals surface area contributed by atoms with Gasteiger partial charge in [-0.05, 0) is 44.1 Å². The van der Waals surface area contributed by atoms with Crippen LogP contribution in [0, 0.1) is 23.7 Å². The molecule has 1 amide bonds. The minimum Gasteiger partial charge on any atom is -0.469 e. The Morgan fingerprint density at radius 3 is 1.91 bits per heavy atom. The Bertz CT molecular complexity index is 852. The summed E-state index contributed by atoms with van der Waals surface area (Å²) in [5.41, 5.74) is -0.134. The largest absolute Gasteiger partial charge is 0.469 e. The SMILES string of the molecule is COC(=O)[C@@H](C[C@@H]1[C@@H](C[C@H](C(=O)OC)C(C)C)OC(C)(C)N1C(=O)OCc1ccccc1)C(C)C. The Balaban J connectivity index is 2.38. The third kappa shape index (κ3) is 7.19. The normalized spacial score (nSPS) is 21.0. The van der Waals surface area contributed by atoms with Crippen molar-refractivity contribution < 1.29 is 33.3 Å². The third-order valence-electron chi connectivity index (χ3n) is 6.78. The van der Waals surface area contributed by atoms with E-state index in [1.807, 2.05) is 58.0 Å². The number of carbonyl (C=O) groups excluding carboxylic acids is 3. The monoisotopic (exact) mass is 491 g/mol. The van der Waals surface area contributed by atoms with Crippen molar-refractivity contribution >= 4 is 18.0 Å². The zero-order valence-electron chi connectivity index (χ0n) is 22.3. The van der Waals surface area contributed by atoms with Crippen molar-refractivity contribution in [2.45, 2.75) is 78.9 Å². The molecule has 0 spiro atoms. The quantitative estimate of drug-likeness (QED) is 0.343. The molecule has 4 atom stereocenters. The summed E-state index contributed by atoms with van der Waals surface area (Å²) in [4.78, 5) is 40.1. The molecule has 0 aliphatic carbocycles. The highest BCUT2D eigenvalue weighted by molar-refractivity contribution is 5.74. The molecule has 1 aromatic rings. The van der Waals surface area contributed by atoms with Gasteiger partial charge in [-0.25, -0.2) is 4.79 Å². The molecule has 1 aliphatic rings. The second kappa shape index (κ2) is 12.4. The third-order valence-corrected chi connectivity index (χ3v) is 6.78. The second-order valence-electron chi connectivity index (χ2n) is 10.3. The van der Waals surface area contributed by atoms with Gasteiger partial charge in [-0.1, -0.05) is 58.0 Å². The predicted molar refractivity (Wildman–Crippen MR) is 131 cm³/mol. The summed E-state index contributed by atoms with van der Waals surface area (Å²) in [7, 11) is 2.73. The van der Waals surface area contributed by atoms with Crippen molar-refractivity contribution in [1.29, 1.82) is 0 Å². The van der Waals surface area contributed by atoms with Crippen LogP contribution in [0.3, 0.4) is 0 Å². The van der Waals surface area contributed by atoms with Gasteiger partial charge in [0.15, 0.2) is 0 Å². The van der Waals surface area contributed by atoms with Crippen molar-refractivity contribution in [3.63, 3.8) is 0 Å². The molecule has 196 valence electrons. The summed E-state index contributed by atoms with van der Waals surface area (Å²) >= 11 is 0. The van der Waals surface area contributed by atoms with Crippen LogP contribution in [0.15, 0.2) is 30.3 Å². The lowest BCUT2D eigenvalue weighted by Gasteiger charge is -2.34. The maximum atomic E-state index is 13.4. The molecule has 1 saturated heterocycles. The van der Waals surface area contributed by atoms with Gasteiger partial charge in [-0.2, -0.15) is 0 Å². The van der Waals surface area contributed by atoms with E-state index in [-0.39, 0.29) is 30.4 Å². The van der Waals surface area contributed by atoms with Crippen LogP contribution in [0.4, 0.5) is 4.79 Å². The van der Waals surface area contributed by atoms with Crippen LogP contribution in [0.1, 0.15) is 59.9 Å². The molecule has 1 heterocycles. The molecule has 2 rings (SSSR count). The Kier molecular flexibility index (Phi) is 10.1. The van der Waals surface area contributed by atoms with Gasteiger partial charge in [0, 0.05) is 0 Å². The molecule has 0 saturated carbocycles. The minimum atomic E-state index is -1.00. The zero-order valence-corrected chi connectivity index (χ0v) is 22.3. The summed E-state index contributed by atoms with van der Waals surface area (Å²) in [6.45, 7) is 11.5. The highest BCUT2D eigenvalue weighted by atomic mass is 16.6. The van der Waals surface area contributed by atoms with E-state index in [0.29, 0.717) is 12.8 Å². The fourth-order valence-electron chi connectivity index (χ4n) is 4.77. The van der Waals surface area contributed by atoms with E-state index < -0.39 is 35.8 Å². The molecule has 35 heavy (non-hydrogen) atoms. The topological polar surface area (TPSA) is 91.4 Å². The zero-order chi connectivity index (χ0) is 26.3. The van der Waals surface area contributed by atoms with Crippen LogP contribution < -0.4 is 0 Å².